The average Bonchev–Trinajstić information content (AvgIpc) is 3.14. The minimum absolute atomic E-state index is 0.0319. The predicted molar refractivity (Wildman–Crippen MR) is 121 cm³/mol. The quantitative estimate of drug-likeness (QED) is 0.703. The van der Waals surface area contributed by atoms with E-state index in [1.807, 2.05) is 24.8 Å². The first-order chi connectivity index (χ1) is 15.2. The molecule has 172 valence electrons. The number of aryl methyl sites for hydroxylation is 1. The molecule has 0 spiro atoms. The Morgan fingerprint density at radius 3 is 2.81 bits per heavy atom. The topological polar surface area (TPSA) is 85.9 Å². The zero-order chi connectivity index (χ0) is 23.0. The molecule has 1 fully saturated rings. The lowest BCUT2D eigenvalue weighted by Gasteiger charge is -2.35. The van der Waals surface area contributed by atoms with Crippen LogP contribution in [0.5, 0.6) is 5.88 Å². The predicted octanol–water partition coefficient (Wildman–Crippen LogP) is 3.39. The molecule has 0 unspecified atom stereocenters. The zero-order valence-corrected chi connectivity index (χ0v) is 19.4. The Hall–Kier alpha value is -2.46. The van der Waals surface area contributed by atoms with Gasteiger partial charge in [0.15, 0.2) is 5.17 Å². The van der Waals surface area contributed by atoms with Gasteiger partial charge in [-0.3, -0.25) is 0 Å². The maximum absolute atomic E-state index is 15.2. The van der Waals surface area contributed by atoms with E-state index in [9.17, 15) is 4.39 Å². The van der Waals surface area contributed by atoms with Gasteiger partial charge in [0.05, 0.1) is 32.1 Å². The van der Waals surface area contributed by atoms with Crippen molar-refractivity contribution in [2.45, 2.75) is 39.0 Å². The number of nitrogens with zero attached hydrogens (tertiary/aromatic N) is 4. The number of aromatic nitrogens is 2. The molecular formula is C22H27F2N5O2S. The maximum Gasteiger partial charge on any atom is 0.255 e. The second-order valence-electron chi connectivity index (χ2n) is 8.37. The molecule has 2 aromatic rings. The van der Waals surface area contributed by atoms with Gasteiger partial charge in [-0.05, 0) is 38.5 Å². The Morgan fingerprint density at radius 2 is 2.09 bits per heavy atom. The standard InChI is InChI=1S/C22H27F2N5O2S/c1-12(2)31-9-14-5-6-17(23)16(7-14)22-11-29(8-15(22)10-32-20(25)28-22)21-26-13(3)18(24)19(27-21)30-4/h5-7,12,15H,8-11H2,1-4H3,(H2,25,28)/t15-,22-/m0/s1. The third kappa shape index (κ3) is 4.13. The van der Waals surface area contributed by atoms with Crippen molar-refractivity contribution in [2.75, 3.05) is 30.9 Å². The number of rotatable bonds is 6. The molecule has 0 radical (unpaired) electrons. The van der Waals surface area contributed by atoms with Crippen LogP contribution in [0.4, 0.5) is 14.7 Å². The first kappa shape index (κ1) is 22.7. The molecule has 7 nitrogen and oxygen atoms in total. The largest absolute Gasteiger partial charge is 0.479 e. The zero-order valence-electron chi connectivity index (χ0n) is 18.6. The molecule has 2 aliphatic rings. The van der Waals surface area contributed by atoms with Crippen molar-refractivity contribution in [3.8, 4) is 5.88 Å². The lowest BCUT2D eigenvalue weighted by atomic mass is 9.81. The minimum atomic E-state index is -0.897. The molecular weight excluding hydrogens is 436 g/mol. The van der Waals surface area contributed by atoms with E-state index in [2.05, 4.69) is 9.97 Å². The molecule has 0 aliphatic carbocycles. The summed E-state index contributed by atoms with van der Waals surface area (Å²) in [5, 5.41) is 0.417. The second kappa shape index (κ2) is 8.82. The van der Waals surface area contributed by atoms with Crippen molar-refractivity contribution in [2.24, 2.45) is 16.6 Å². The number of hydrogen-bond acceptors (Lipinski definition) is 8. The summed E-state index contributed by atoms with van der Waals surface area (Å²) in [5.41, 5.74) is 6.75. The summed E-state index contributed by atoms with van der Waals surface area (Å²) in [7, 11) is 1.36. The summed E-state index contributed by atoms with van der Waals surface area (Å²) in [6.45, 7) is 6.70. The van der Waals surface area contributed by atoms with Crippen LogP contribution in [0, 0.1) is 24.5 Å². The smallest absolute Gasteiger partial charge is 0.255 e. The highest BCUT2D eigenvalue weighted by atomic mass is 32.2. The van der Waals surface area contributed by atoms with Crippen LogP contribution in [0.25, 0.3) is 0 Å². The van der Waals surface area contributed by atoms with Crippen LogP contribution in [0.1, 0.15) is 30.7 Å². The van der Waals surface area contributed by atoms with Crippen molar-refractivity contribution in [1.29, 1.82) is 0 Å². The van der Waals surface area contributed by atoms with Crippen LogP contribution in [0.3, 0.4) is 0 Å². The van der Waals surface area contributed by atoms with Gasteiger partial charge in [0, 0.05) is 23.8 Å². The maximum atomic E-state index is 15.2. The summed E-state index contributed by atoms with van der Waals surface area (Å²) < 4.78 is 40.2. The number of hydrogen-bond donors (Lipinski definition) is 1. The number of nitrogens with two attached hydrogens (primary N) is 1. The summed E-state index contributed by atoms with van der Waals surface area (Å²) in [6.07, 6.45) is 0.0602. The molecule has 1 saturated heterocycles. The van der Waals surface area contributed by atoms with Crippen LogP contribution in [-0.4, -0.2) is 47.2 Å². The summed E-state index contributed by atoms with van der Waals surface area (Å²) in [6, 6.07) is 5.00. The van der Waals surface area contributed by atoms with Crippen molar-refractivity contribution in [1.82, 2.24) is 9.97 Å². The molecule has 10 heteroatoms. The van der Waals surface area contributed by atoms with E-state index in [1.54, 1.807) is 13.0 Å². The van der Waals surface area contributed by atoms with E-state index >= 15 is 4.39 Å². The number of fused-ring (bicyclic) bond motifs is 1. The molecule has 2 aliphatic heterocycles. The highest BCUT2D eigenvalue weighted by molar-refractivity contribution is 8.13. The highest BCUT2D eigenvalue weighted by Crippen LogP contribution is 2.47. The lowest BCUT2D eigenvalue weighted by molar-refractivity contribution is 0.0656. The number of benzene rings is 1. The van der Waals surface area contributed by atoms with E-state index in [1.165, 1.54) is 24.9 Å². The SMILES string of the molecule is COc1nc(N2C[C@H]3CSC(N)=N[C@@]3(c3cc(COC(C)C)ccc3F)C2)nc(C)c1F. The minimum Gasteiger partial charge on any atom is -0.479 e. The van der Waals surface area contributed by atoms with Gasteiger partial charge in [0.25, 0.3) is 5.88 Å². The number of amidine groups is 1. The number of thioether (sulfide) groups is 1. The fourth-order valence-electron chi connectivity index (χ4n) is 4.20. The fraction of sp³-hybridized carbons (Fsp3) is 0.500. The Labute approximate surface area is 190 Å². The Morgan fingerprint density at radius 1 is 1.31 bits per heavy atom. The van der Waals surface area contributed by atoms with Gasteiger partial charge in [0.1, 0.15) is 11.4 Å². The molecule has 4 rings (SSSR count). The van der Waals surface area contributed by atoms with Crippen LogP contribution in [-0.2, 0) is 16.9 Å². The van der Waals surface area contributed by atoms with E-state index in [0.29, 0.717) is 42.1 Å². The summed E-state index contributed by atoms with van der Waals surface area (Å²) in [5.74, 6) is -0.0852. The molecule has 0 amide bonds. The number of ether oxygens (including phenoxy) is 2. The fourth-order valence-corrected chi connectivity index (χ4v) is 5.18. The van der Waals surface area contributed by atoms with Gasteiger partial charge >= 0.3 is 0 Å². The van der Waals surface area contributed by atoms with Gasteiger partial charge in [-0.2, -0.15) is 9.37 Å². The molecule has 32 heavy (non-hydrogen) atoms. The van der Waals surface area contributed by atoms with Crippen LogP contribution < -0.4 is 15.4 Å². The van der Waals surface area contributed by atoms with Crippen molar-refractivity contribution >= 4 is 22.9 Å². The number of aliphatic imine (C=N–C) groups is 1. The van der Waals surface area contributed by atoms with Crippen LogP contribution >= 0.6 is 11.8 Å². The van der Waals surface area contributed by atoms with Crippen LogP contribution in [0.15, 0.2) is 23.2 Å². The second-order valence-corrected chi connectivity index (χ2v) is 9.41. The van der Waals surface area contributed by atoms with Gasteiger partial charge in [-0.25, -0.2) is 14.4 Å². The van der Waals surface area contributed by atoms with Gasteiger partial charge in [0.2, 0.25) is 11.8 Å². The Bertz CT molecular complexity index is 1050. The van der Waals surface area contributed by atoms with Crippen LogP contribution in [0.2, 0.25) is 0 Å². The average molecular weight is 464 g/mol. The third-order valence-electron chi connectivity index (χ3n) is 5.82. The number of halogens is 2. The van der Waals surface area contributed by atoms with E-state index < -0.39 is 11.4 Å². The van der Waals surface area contributed by atoms with Gasteiger partial charge in [-0.15, -0.1) is 0 Å². The Kier molecular flexibility index (Phi) is 6.26. The third-order valence-corrected chi connectivity index (χ3v) is 6.78. The molecule has 2 atom stereocenters. The molecule has 2 N–H and O–H groups in total. The molecule has 0 saturated carbocycles. The Balaban J connectivity index is 1.76. The van der Waals surface area contributed by atoms with Crippen molar-refractivity contribution in [3.63, 3.8) is 0 Å². The number of methoxy groups -OCH3 is 1. The molecule has 1 aromatic heterocycles. The summed E-state index contributed by atoms with van der Waals surface area (Å²) >= 11 is 1.45. The van der Waals surface area contributed by atoms with Gasteiger partial charge < -0.3 is 20.1 Å². The molecule has 1 aromatic carbocycles. The lowest BCUT2D eigenvalue weighted by Crippen LogP contribution is -2.40. The first-order valence-electron chi connectivity index (χ1n) is 10.4. The monoisotopic (exact) mass is 463 g/mol. The molecule has 3 heterocycles. The molecule has 0 bridgehead atoms. The van der Waals surface area contributed by atoms with Crippen molar-refractivity contribution in [3.05, 3.63) is 46.7 Å². The number of anilines is 1. The normalized spacial score (nSPS) is 22.8. The van der Waals surface area contributed by atoms with Crippen molar-refractivity contribution < 1.29 is 18.3 Å². The highest BCUT2D eigenvalue weighted by Gasteiger charge is 2.52. The van der Waals surface area contributed by atoms with E-state index in [-0.39, 0.29) is 29.4 Å². The first-order valence-corrected chi connectivity index (χ1v) is 11.4. The van der Waals surface area contributed by atoms with E-state index in [4.69, 9.17) is 20.2 Å². The van der Waals surface area contributed by atoms with E-state index in [0.717, 1.165) is 5.56 Å². The van der Waals surface area contributed by atoms with Gasteiger partial charge in [-0.1, -0.05) is 17.8 Å². The summed E-state index contributed by atoms with van der Waals surface area (Å²) in [4.78, 5) is 15.2.